The number of rotatable bonds is 7. The summed E-state index contributed by atoms with van der Waals surface area (Å²) in [6.45, 7) is 7.92. The number of aromatic nitrogens is 2. The van der Waals surface area contributed by atoms with E-state index >= 15 is 0 Å². The van der Waals surface area contributed by atoms with Gasteiger partial charge in [0.15, 0.2) is 0 Å². The Bertz CT molecular complexity index is 933. The molecule has 2 N–H and O–H groups in total. The van der Waals surface area contributed by atoms with Gasteiger partial charge in [-0.15, -0.1) is 0 Å². The molecule has 8 nitrogen and oxygen atoms in total. The number of halogens is 1. The van der Waals surface area contributed by atoms with Crippen LogP contribution in [-0.2, 0) is 4.79 Å². The highest BCUT2D eigenvalue weighted by Crippen LogP contribution is 2.24. The predicted molar refractivity (Wildman–Crippen MR) is 133 cm³/mol. The van der Waals surface area contributed by atoms with Crippen molar-refractivity contribution >= 4 is 12.3 Å². The second kappa shape index (κ2) is 12.6. The molecule has 2 aromatic rings. The number of amides is 2. The lowest BCUT2D eigenvalue weighted by Crippen LogP contribution is -2.41. The van der Waals surface area contributed by atoms with Gasteiger partial charge in [0.05, 0.1) is 24.7 Å². The van der Waals surface area contributed by atoms with E-state index in [0.29, 0.717) is 24.8 Å². The van der Waals surface area contributed by atoms with Gasteiger partial charge in [0.1, 0.15) is 17.1 Å². The third kappa shape index (κ3) is 8.28. The second-order valence-corrected chi connectivity index (χ2v) is 9.70. The molecule has 35 heavy (non-hydrogen) atoms. The smallest absolute Gasteiger partial charge is 0.274 e. The minimum Gasteiger partial charge on any atom is -0.493 e. The summed E-state index contributed by atoms with van der Waals surface area (Å²) in [6, 6.07) is 7.82. The van der Waals surface area contributed by atoms with Crippen LogP contribution in [0.3, 0.4) is 0 Å². The fourth-order valence-electron chi connectivity index (χ4n) is 4.45. The molecule has 2 aliphatic rings. The van der Waals surface area contributed by atoms with Crippen molar-refractivity contribution in [3.63, 3.8) is 0 Å². The van der Waals surface area contributed by atoms with Crippen molar-refractivity contribution < 1.29 is 18.7 Å². The van der Waals surface area contributed by atoms with E-state index in [0.717, 1.165) is 68.9 Å². The van der Waals surface area contributed by atoms with Crippen molar-refractivity contribution in [3.8, 4) is 17.0 Å². The molecule has 0 spiro atoms. The van der Waals surface area contributed by atoms with Gasteiger partial charge in [0.2, 0.25) is 6.41 Å². The summed E-state index contributed by atoms with van der Waals surface area (Å²) in [4.78, 5) is 33.8. The minimum absolute atomic E-state index is 0.0375. The topological polar surface area (TPSA) is 102 Å². The van der Waals surface area contributed by atoms with Crippen LogP contribution in [-0.4, -0.2) is 77.1 Å². The van der Waals surface area contributed by atoms with Crippen molar-refractivity contribution in [1.29, 1.82) is 0 Å². The van der Waals surface area contributed by atoms with Crippen LogP contribution in [0, 0.1) is 5.92 Å². The lowest BCUT2D eigenvalue weighted by molar-refractivity contribution is -0.106. The maximum absolute atomic E-state index is 13.8. The first-order chi connectivity index (χ1) is 16.8. The molecular weight excluding hydrogens is 449 g/mol. The zero-order valence-corrected chi connectivity index (χ0v) is 20.7. The average molecular weight is 486 g/mol. The maximum atomic E-state index is 13.8. The van der Waals surface area contributed by atoms with Crippen LogP contribution < -0.4 is 10.5 Å². The molecule has 2 aliphatic heterocycles. The number of primary amides is 1. The quantitative estimate of drug-likeness (QED) is 0.604. The van der Waals surface area contributed by atoms with Gasteiger partial charge in [0.25, 0.3) is 5.91 Å². The third-order valence-electron chi connectivity index (χ3n) is 6.21. The summed E-state index contributed by atoms with van der Waals surface area (Å²) in [7, 11) is 0. The molecule has 0 atom stereocenters. The molecule has 4 rings (SSSR count). The monoisotopic (exact) mass is 485 g/mol. The molecular formula is C26H36FN5O3. The van der Waals surface area contributed by atoms with E-state index < -0.39 is 5.67 Å². The molecule has 3 heterocycles. The number of hydrogen-bond acceptors (Lipinski definition) is 6. The highest BCUT2D eigenvalue weighted by molar-refractivity contribution is 5.92. The minimum atomic E-state index is -1.14. The van der Waals surface area contributed by atoms with E-state index in [-0.39, 0.29) is 12.3 Å². The zero-order chi connectivity index (χ0) is 25.3. The Morgan fingerprint density at radius 1 is 1.11 bits per heavy atom. The van der Waals surface area contributed by atoms with E-state index in [2.05, 4.69) is 20.6 Å². The van der Waals surface area contributed by atoms with E-state index in [1.54, 1.807) is 26.2 Å². The number of ether oxygens (including phenoxy) is 1. The Morgan fingerprint density at radius 3 is 2.29 bits per heavy atom. The molecule has 1 aromatic heterocycles. The lowest BCUT2D eigenvalue weighted by Gasteiger charge is -2.34. The molecule has 1 aromatic carbocycles. The summed E-state index contributed by atoms with van der Waals surface area (Å²) >= 11 is 0. The number of piperidine rings is 1. The van der Waals surface area contributed by atoms with E-state index in [4.69, 9.17) is 9.53 Å². The Balaban J connectivity index is 0.00000108. The number of benzene rings is 1. The van der Waals surface area contributed by atoms with Crippen LogP contribution in [0.1, 0.15) is 50.0 Å². The molecule has 2 saturated heterocycles. The van der Waals surface area contributed by atoms with Crippen LogP contribution in [0.4, 0.5) is 4.39 Å². The second-order valence-electron chi connectivity index (χ2n) is 9.70. The van der Waals surface area contributed by atoms with Gasteiger partial charge in [-0.1, -0.05) is 0 Å². The van der Waals surface area contributed by atoms with Crippen molar-refractivity contribution in [2.75, 3.05) is 39.3 Å². The Hall–Kier alpha value is -3.07. The summed E-state index contributed by atoms with van der Waals surface area (Å²) in [5.74, 6) is 1.29. The standard InChI is InChI=1S/C25H33FN4O2.CH3NO/c1-25(2,26)18-29-13-9-19(10-14-29)17-32-21-7-5-20(6-8-21)22-15-28-23(16-27-22)24(31)30-11-3-4-12-30;2-1-3/h5-8,15-16,19H,3-4,9-14,17-18H2,1-2H3;1H,(H2,2,3). The molecule has 2 fully saturated rings. The highest BCUT2D eigenvalue weighted by atomic mass is 19.1. The highest BCUT2D eigenvalue weighted by Gasteiger charge is 2.25. The average Bonchev–Trinajstić information content (AvgIpc) is 3.38. The van der Waals surface area contributed by atoms with E-state index in [9.17, 15) is 9.18 Å². The molecule has 0 unspecified atom stereocenters. The fourth-order valence-corrected chi connectivity index (χ4v) is 4.45. The van der Waals surface area contributed by atoms with Crippen molar-refractivity contribution in [2.45, 2.75) is 45.2 Å². The van der Waals surface area contributed by atoms with Gasteiger partial charge in [-0.2, -0.15) is 0 Å². The number of alkyl halides is 1. The van der Waals surface area contributed by atoms with Gasteiger partial charge in [-0.05, 0) is 82.8 Å². The Labute approximate surface area is 206 Å². The van der Waals surface area contributed by atoms with Crippen LogP contribution in [0.25, 0.3) is 11.3 Å². The summed E-state index contributed by atoms with van der Waals surface area (Å²) in [5.41, 5.74) is 5.10. The number of carbonyl (C=O) groups is 2. The van der Waals surface area contributed by atoms with Crippen molar-refractivity contribution in [3.05, 3.63) is 42.4 Å². The first-order valence-electron chi connectivity index (χ1n) is 12.2. The van der Waals surface area contributed by atoms with Crippen LogP contribution >= 0.6 is 0 Å². The molecule has 190 valence electrons. The summed E-state index contributed by atoms with van der Waals surface area (Å²) in [6.07, 6.45) is 7.66. The largest absolute Gasteiger partial charge is 0.493 e. The van der Waals surface area contributed by atoms with E-state index in [1.165, 1.54) is 0 Å². The molecule has 0 bridgehead atoms. The Morgan fingerprint density at radius 2 is 1.74 bits per heavy atom. The van der Waals surface area contributed by atoms with Gasteiger partial charge in [-0.25, -0.2) is 9.37 Å². The fraction of sp³-hybridized carbons (Fsp3) is 0.538. The van der Waals surface area contributed by atoms with Gasteiger partial charge >= 0.3 is 0 Å². The normalized spacial score (nSPS) is 16.9. The SMILES string of the molecule is CC(C)(F)CN1CCC(COc2ccc(-c3cnc(C(=O)N4CCCC4)cn3)cc2)CC1.NC=O. The van der Waals surface area contributed by atoms with Crippen LogP contribution in [0.5, 0.6) is 5.75 Å². The van der Waals surface area contributed by atoms with Gasteiger partial charge in [-0.3, -0.25) is 14.6 Å². The van der Waals surface area contributed by atoms with Crippen molar-refractivity contribution in [1.82, 2.24) is 19.8 Å². The lowest BCUT2D eigenvalue weighted by atomic mass is 9.97. The molecule has 2 amide bonds. The first kappa shape index (κ1) is 26.5. The summed E-state index contributed by atoms with van der Waals surface area (Å²) in [5, 5.41) is 0. The zero-order valence-electron chi connectivity index (χ0n) is 20.7. The maximum Gasteiger partial charge on any atom is 0.274 e. The number of nitrogens with zero attached hydrogens (tertiary/aromatic N) is 4. The summed E-state index contributed by atoms with van der Waals surface area (Å²) < 4.78 is 19.8. The third-order valence-corrected chi connectivity index (χ3v) is 6.21. The van der Waals surface area contributed by atoms with Gasteiger partial charge in [0, 0.05) is 25.2 Å². The van der Waals surface area contributed by atoms with E-state index in [1.807, 2.05) is 29.2 Å². The number of carbonyl (C=O) groups excluding carboxylic acids is 2. The van der Waals surface area contributed by atoms with Crippen molar-refractivity contribution in [2.24, 2.45) is 11.7 Å². The molecule has 0 saturated carbocycles. The number of hydrogen-bond donors (Lipinski definition) is 1. The number of nitrogens with two attached hydrogens (primary N) is 1. The molecule has 0 radical (unpaired) electrons. The molecule has 9 heteroatoms. The Kier molecular flexibility index (Phi) is 9.54. The van der Waals surface area contributed by atoms with Gasteiger partial charge < -0.3 is 20.3 Å². The predicted octanol–water partition coefficient (Wildman–Crippen LogP) is 3.32. The molecule has 0 aliphatic carbocycles. The van der Waals surface area contributed by atoms with Crippen LogP contribution in [0.2, 0.25) is 0 Å². The number of likely N-dealkylation sites (tertiary alicyclic amines) is 2. The van der Waals surface area contributed by atoms with Crippen LogP contribution in [0.15, 0.2) is 36.7 Å². The first-order valence-corrected chi connectivity index (χ1v) is 12.2.